The van der Waals surface area contributed by atoms with Crippen LogP contribution in [-0.4, -0.2) is 153 Å². The Labute approximate surface area is 638 Å². The second-order valence-electron chi connectivity index (χ2n) is 30.7. The van der Waals surface area contributed by atoms with E-state index in [1.807, 2.05) is 39.0 Å². The zero-order chi connectivity index (χ0) is 79.4. The molecule has 23 nitrogen and oxygen atoms in total. The summed E-state index contributed by atoms with van der Waals surface area (Å²) < 4.78 is 11.1. The number of carbonyl (C=O) groups excluding carboxylic acids is 13. The third kappa shape index (κ3) is 22.4. The quantitative estimate of drug-likeness (QED) is 0.0169. The Balaban J connectivity index is 0.000000317. The molecular weight excluding hydrogens is 1390 g/mol. The fourth-order valence-electron chi connectivity index (χ4n) is 14.1. The molecule has 9 rings (SSSR count). The minimum absolute atomic E-state index is 0.00918. The van der Waals surface area contributed by atoms with E-state index in [9.17, 15) is 67.1 Å². The maximum Gasteiger partial charge on any atom is 0.341 e. The molecule has 3 saturated heterocycles. The van der Waals surface area contributed by atoms with E-state index >= 15 is 0 Å². The highest BCUT2D eigenvalue weighted by Crippen LogP contribution is 2.37. The van der Waals surface area contributed by atoms with Crippen LogP contribution in [0.5, 0.6) is 11.5 Å². The molecule has 1 unspecified atom stereocenters. The maximum absolute atomic E-state index is 14.2. The molecule has 5 aromatic carbocycles. The van der Waals surface area contributed by atoms with E-state index in [2.05, 4.69) is 73.1 Å². The highest BCUT2D eigenvalue weighted by atomic mass is 16.5. The van der Waals surface area contributed by atoms with Crippen LogP contribution in [0.25, 0.3) is 0 Å². The molecule has 582 valence electrons. The first-order valence-corrected chi connectivity index (χ1v) is 38.3. The van der Waals surface area contributed by atoms with Gasteiger partial charge in [-0.25, -0.2) is 4.79 Å². The number of carboxylic acids is 1. The van der Waals surface area contributed by atoms with Crippen LogP contribution in [-0.2, 0) is 70.4 Å². The van der Waals surface area contributed by atoms with Crippen LogP contribution < -0.4 is 25.4 Å². The summed E-state index contributed by atoms with van der Waals surface area (Å²) in [5, 5.41) is 16.5. The Bertz CT molecular complexity index is 4270. The lowest BCUT2D eigenvalue weighted by Gasteiger charge is -2.36. The van der Waals surface area contributed by atoms with Crippen LogP contribution in [0.4, 0.5) is 5.69 Å². The summed E-state index contributed by atoms with van der Waals surface area (Å²) in [6, 6.07) is 28.9. The number of carbonyl (C=O) groups is 14. The molecule has 4 aliphatic heterocycles. The minimum atomic E-state index is -1.13. The number of piperidine rings is 3. The van der Waals surface area contributed by atoms with Crippen LogP contribution in [0.1, 0.15) is 234 Å². The zero-order valence-corrected chi connectivity index (χ0v) is 64.7. The van der Waals surface area contributed by atoms with E-state index in [4.69, 9.17) is 14.6 Å². The summed E-state index contributed by atoms with van der Waals surface area (Å²) >= 11 is 0. The van der Waals surface area contributed by atoms with Gasteiger partial charge in [0.15, 0.2) is 24.0 Å². The van der Waals surface area contributed by atoms with Crippen LogP contribution in [0.15, 0.2) is 103 Å². The minimum Gasteiger partial charge on any atom is -0.485 e. The van der Waals surface area contributed by atoms with E-state index in [0.717, 1.165) is 52.8 Å². The average molecular weight is 1500 g/mol. The number of aliphatic carboxylic acids is 1. The normalized spacial score (nSPS) is 17.0. The number of Topliss-reactive ketones (excluding diaryl/α,β-unsaturated/α-hetero) is 5. The molecule has 0 bridgehead atoms. The lowest BCUT2D eigenvalue weighted by molar-refractivity contribution is -0.153. The fourth-order valence-corrected chi connectivity index (χ4v) is 14.1. The lowest BCUT2D eigenvalue weighted by Crippen LogP contribution is -2.54. The maximum atomic E-state index is 14.2. The summed E-state index contributed by atoms with van der Waals surface area (Å²) in [5.74, 6) is -7.90. The van der Waals surface area contributed by atoms with Crippen molar-refractivity contribution in [2.45, 2.75) is 228 Å². The number of benzene rings is 5. The number of hydrogen-bond acceptors (Lipinski definition) is 16. The summed E-state index contributed by atoms with van der Waals surface area (Å²) in [6.07, 6.45) is 9.83. The van der Waals surface area contributed by atoms with Crippen molar-refractivity contribution in [3.8, 4) is 11.5 Å². The molecule has 0 radical (unpaired) electrons. The molecular formula is C86H106N6O17. The number of hydrogen-bond donors (Lipinski definition) is 4. The Hall–Kier alpha value is -10.3. The molecule has 3 fully saturated rings. The smallest absolute Gasteiger partial charge is 0.341 e. The molecule has 5 aromatic rings. The van der Waals surface area contributed by atoms with Gasteiger partial charge in [-0.05, 0) is 217 Å². The van der Waals surface area contributed by atoms with E-state index < -0.39 is 100 Å². The highest BCUT2D eigenvalue weighted by Gasteiger charge is 2.47. The molecule has 5 atom stereocenters. The van der Waals surface area contributed by atoms with Gasteiger partial charge in [0.25, 0.3) is 23.6 Å². The topological polar surface area (TPSA) is 323 Å². The predicted octanol–water partition coefficient (Wildman–Crippen LogP) is 11.9. The largest absolute Gasteiger partial charge is 0.485 e. The Morgan fingerprint density at radius 2 is 1.12 bits per heavy atom. The third-order valence-electron chi connectivity index (χ3n) is 22.0. The van der Waals surface area contributed by atoms with Crippen LogP contribution >= 0.6 is 0 Å². The molecule has 109 heavy (non-hydrogen) atoms. The van der Waals surface area contributed by atoms with Crippen molar-refractivity contribution in [2.75, 3.05) is 38.2 Å². The summed E-state index contributed by atoms with van der Waals surface area (Å²) in [7, 11) is 0. The molecule has 0 aliphatic carbocycles. The number of ether oxygens (including phenoxy) is 2. The fraction of sp³-hybridized carbons (Fsp3) is 0.488. The number of likely N-dealkylation sites (tertiary alicyclic amines) is 2. The Morgan fingerprint density at radius 3 is 1.65 bits per heavy atom. The van der Waals surface area contributed by atoms with Gasteiger partial charge in [-0.1, -0.05) is 115 Å². The van der Waals surface area contributed by atoms with Crippen molar-refractivity contribution in [1.29, 1.82) is 0 Å². The first-order chi connectivity index (χ1) is 51.8. The van der Waals surface area contributed by atoms with Crippen molar-refractivity contribution in [3.05, 3.63) is 159 Å². The van der Waals surface area contributed by atoms with Gasteiger partial charge in [0, 0.05) is 61.8 Å². The molecule has 0 spiro atoms. The monoisotopic (exact) mass is 1490 g/mol. The van der Waals surface area contributed by atoms with E-state index in [1.54, 1.807) is 58.0 Å². The molecule has 8 amide bonds. The van der Waals surface area contributed by atoms with E-state index in [0.29, 0.717) is 95.2 Å². The van der Waals surface area contributed by atoms with Crippen molar-refractivity contribution in [2.24, 2.45) is 10.8 Å². The molecule has 0 saturated carbocycles. The van der Waals surface area contributed by atoms with Crippen molar-refractivity contribution in [3.63, 3.8) is 0 Å². The first kappa shape index (κ1) is 84.3. The second-order valence-corrected chi connectivity index (χ2v) is 30.7. The average Bonchev–Trinajstić information content (AvgIpc) is 1.61. The number of fused-ring (bicyclic) bond motifs is 1. The van der Waals surface area contributed by atoms with Crippen LogP contribution in [0.3, 0.4) is 0 Å². The zero-order valence-electron chi connectivity index (χ0n) is 64.7. The number of carboxylic acid groups (broad SMARTS) is 1. The Morgan fingerprint density at radius 1 is 0.578 bits per heavy atom. The summed E-state index contributed by atoms with van der Waals surface area (Å²) in [5.41, 5.74) is 7.51. The third-order valence-corrected chi connectivity index (χ3v) is 22.0. The molecule has 0 aromatic heterocycles. The molecule has 4 aliphatic rings. The lowest BCUT2D eigenvalue weighted by atomic mass is 9.82. The predicted molar refractivity (Wildman–Crippen MR) is 410 cm³/mol. The number of aryl methyl sites for hydroxylation is 6. The number of unbranched alkanes of at least 4 members (excludes halogenated alkanes) is 2. The molecule has 4 N–H and O–H groups in total. The number of rotatable bonds is 34. The highest BCUT2D eigenvalue weighted by molar-refractivity contribution is 6.40. The van der Waals surface area contributed by atoms with Crippen molar-refractivity contribution < 1.29 is 81.7 Å². The van der Waals surface area contributed by atoms with Gasteiger partial charge >= 0.3 is 17.8 Å². The SMILES string of the molecule is CCC(C)(C)C(=O)C(=O)N1CCCC[C@H]1C(=O)C[C@H](CCc1ccc(C)c(C)c1)c1cccc(NC(=O)C(=O)NCCCCCC(=O)COc2cccc3c2C(=O)N(C2CCC(=O)NC2=O)C3=O)c1.CCC(C)(C)C(=O)C(=O)N1CCCC[C@H]1C(=O)C[C@H](CCc1ccc(C)c(C)c1)c1cccc(OCC(=O)O)c1. The van der Waals surface area contributed by atoms with E-state index in [-0.39, 0.29) is 91.3 Å². The first-order valence-electron chi connectivity index (χ1n) is 38.3. The standard InChI is InChI=1S/C53H63N5O11.C33H43NO6/c1-6-53(4,5)46(62)52(68)57-27-11-9-18-40(57)42(60)30-36(23-22-34-21-20-32(2)33(3)28-34)35-14-12-15-37(29-35)55-49(65)48(64)54-26-10-7-8-16-38(59)31-69-43-19-13-17-39-45(43)51(67)58(50(39)66)41-24-25-44(61)56-47(41)63;1-6-33(4,5)31(38)32(39)34-17-8-7-12-28(34)29(35)20-26(16-15-24-14-13-22(2)23(3)18-24)25-10-9-11-27(19-25)40-21-30(36)37/h12-15,17,19-21,28-29,36,40-41H,6-11,16,18,22-27,30-31H2,1-5H3,(H,54,64)(H,55,65)(H,56,61,63);9-11,13-14,18-19,26,28H,6-8,12,15-17,20-21H2,1-5H3,(H,36,37)/t36-,40-,41?;26-,28-/m00/s1. The number of nitrogens with zero attached hydrogens (tertiary/aromatic N) is 3. The van der Waals surface area contributed by atoms with Gasteiger partial charge < -0.3 is 35.0 Å². The van der Waals surface area contributed by atoms with Gasteiger partial charge in [0.05, 0.1) is 23.2 Å². The van der Waals surface area contributed by atoms with Gasteiger partial charge in [0.1, 0.15) is 24.1 Å². The second kappa shape index (κ2) is 38.7. The van der Waals surface area contributed by atoms with Gasteiger partial charge in [-0.15, -0.1) is 0 Å². The molecule has 4 heterocycles. The Kier molecular flexibility index (Phi) is 29.9. The number of nitrogens with one attached hydrogen (secondary N) is 3. The van der Waals surface area contributed by atoms with Crippen LogP contribution in [0.2, 0.25) is 0 Å². The summed E-state index contributed by atoms with van der Waals surface area (Å²) in [6.45, 7) is 19.2. The summed E-state index contributed by atoms with van der Waals surface area (Å²) in [4.78, 5) is 185. The number of anilines is 1. The van der Waals surface area contributed by atoms with Gasteiger partial charge in [0.2, 0.25) is 23.4 Å². The number of ketones is 5. The number of imide groups is 2. The van der Waals surface area contributed by atoms with Gasteiger partial charge in [-0.2, -0.15) is 0 Å². The molecule has 23 heteroatoms. The van der Waals surface area contributed by atoms with E-state index in [1.165, 1.54) is 50.3 Å². The van der Waals surface area contributed by atoms with Crippen molar-refractivity contribution in [1.82, 2.24) is 25.3 Å². The van der Waals surface area contributed by atoms with Gasteiger partial charge in [-0.3, -0.25) is 72.5 Å². The van der Waals surface area contributed by atoms with Crippen LogP contribution in [0, 0.1) is 38.5 Å². The van der Waals surface area contributed by atoms with Crippen molar-refractivity contribution >= 4 is 87.8 Å². The number of amides is 8.